The fourth-order valence-electron chi connectivity index (χ4n) is 1.000. The van der Waals surface area contributed by atoms with Gasteiger partial charge in [-0.3, -0.25) is 10.1 Å². The maximum atomic E-state index is 12.9. The molecule has 0 radical (unpaired) electrons. The van der Waals surface area contributed by atoms with Crippen molar-refractivity contribution < 1.29 is 17.7 Å². The molecule has 0 unspecified atom stereocenters. The Morgan fingerprint density at radius 1 is 1.40 bits per heavy atom. The summed E-state index contributed by atoms with van der Waals surface area (Å²) in [7, 11) is -3.62. The highest BCUT2D eigenvalue weighted by Gasteiger charge is 2.17. The Kier molecular flexibility index (Phi) is 3.04. The Morgan fingerprint density at radius 3 is 2.47 bits per heavy atom. The maximum absolute atomic E-state index is 12.9. The second-order valence-corrected chi connectivity index (χ2v) is 5.08. The fourth-order valence-corrected chi connectivity index (χ4v) is 1.93. The number of sulfone groups is 1. The Balaban J connectivity index is 3.40. The molecule has 7 heteroatoms. The van der Waals surface area contributed by atoms with E-state index in [1.807, 2.05) is 0 Å². The van der Waals surface area contributed by atoms with Crippen molar-refractivity contribution in [3.63, 3.8) is 0 Å². The van der Waals surface area contributed by atoms with E-state index in [1.165, 1.54) is 6.92 Å². The monoisotopic (exact) mass is 233 g/mol. The van der Waals surface area contributed by atoms with Crippen LogP contribution in [0.25, 0.3) is 0 Å². The molecule has 82 valence electrons. The molecule has 0 saturated heterocycles. The molecule has 0 aliphatic carbocycles. The number of hydrogen-bond acceptors (Lipinski definition) is 4. The van der Waals surface area contributed by atoms with E-state index in [9.17, 15) is 22.9 Å². The molecule has 0 fully saturated rings. The summed E-state index contributed by atoms with van der Waals surface area (Å²) >= 11 is 0. The lowest BCUT2D eigenvalue weighted by molar-refractivity contribution is -0.385. The van der Waals surface area contributed by atoms with Crippen LogP contribution < -0.4 is 0 Å². The summed E-state index contributed by atoms with van der Waals surface area (Å²) in [5.74, 6) is -1.16. The Bertz CT molecular complexity index is 497. The predicted octanol–water partition coefficient (Wildman–Crippen LogP) is 1.53. The molecular formula is C8H8FNO4S. The summed E-state index contributed by atoms with van der Waals surface area (Å²) in [5, 5.41) is 10.4. The second-order valence-electron chi connectivity index (χ2n) is 2.81. The molecule has 15 heavy (non-hydrogen) atoms. The molecule has 0 bridgehead atoms. The minimum absolute atomic E-state index is 0.229. The highest BCUT2D eigenvalue weighted by molar-refractivity contribution is 7.91. The van der Waals surface area contributed by atoms with Gasteiger partial charge in [-0.25, -0.2) is 12.8 Å². The molecule has 0 N–H and O–H groups in total. The zero-order valence-electron chi connectivity index (χ0n) is 7.81. The van der Waals surface area contributed by atoms with Crippen molar-refractivity contribution in [2.45, 2.75) is 11.8 Å². The first-order chi connectivity index (χ1) is 6.86. The van der Waals surface area contributed by atoms with Gasteiger partial charge >= 0.3 is 0 Å². The lowest BCUT2D eigenvalue weighted by Gasteiger charge is -2.01. The van der Waals surface area contributed by atoms with Crippen LogP contribution in [0.2, 0.25) is 0 Å². The van der Waals surface area contributed by atoms with Gasteiger partial charge in [0, 0.05) is 6.07 Å². The first kappa shape index (κ1) is 11.6. The number of nitro groups is 1. The number of hydrogen-bond donors (Lipinski definition) is 0. The van der Waals surface area contributed by atoms with Gasteiger partial charge in [0.1, 0.15) is 5.82 Å². The van der Waals surface area contributed by atoms with Crippen molar-refractivity contribution in [1.82, 2.24) is 0 Å². The Labute approximate surface area is 85.6 Å². The lowest BCUT2D eigenvalue weighted by Crippen LogP contribution is -2.05. The third-order valence-electron chi connectivity index (χ3n) is 1.81. The van der Waals surface area contributed by atoms with Gasteiger partial charge in [0.2, 0.25) is 0 Å². The van der Waals surface area contributed by atoms with Crippen LogP contribution in [0.15, 0.2) is 23.1 Å². The molecule has 0 atom stereocenters. The largest absolute Gasteiger partial charge is 0.273 e. The van der Waals surface area contributed by atoms with E-state index in [1.54, 1.807) is 0 Å². The van der Waals surface area contributed by atoms with Crippen LogP contribution >= 0.6 is 0 Å². The van der Waals surface area contributed by atoms with Gasteiger partial charge in [0.05, 0.1) is 21.6 Å². The smallest absolute Gasteiger partial charge is 0.258 e. The molecule has 0 amide bonds. The van der Waals surface area contributed by atoms with E-state index < -0.39 is 26.3 Å². The molecule has 0 saturated carbocycles. The molecule has 0 aliphatic heterocycles. The van der Waals surface area contributed by atoms with Crippen molar-refractivity contribution in [3.8, 4) is 0 Å². The van der Waals surface area contributed by atoms with Gasteiger partial charge in [0.25, 0.3) is 5.69 Å². The van der Waals surface area contributed by atoms with Crippen molar-refractivity contribution in [3.05, 3.63) is 34.1 Å². The standard InChI is InChI=1S/C8H8FNO4S/c1-2-15(13,14)8-4-6(9)3-7(5-8)10(11)12/h3-5H,2H2,1H3. The number of rotatable bonds is 3. The van der Waals surface area contributed by atoms with Crippen LogP contribution in [0, 0.1) is 15.9 Å². The highest BCUT2D eigenvalue weighted by atomic mass is 32.2. The van der Waals surface area contributed by atoms with Gasteiger partial charge < -0.3 is 0 Å². The summed E-state index contributed by atoms with van der Waals surface area (Å²) in [6.07, 6.45) is 0. The van der Waals surface area contributed by atoms with Crippen LogP contribution in [-0.4, -0.2) is 19.1 Å². The summed E-state index contributed by atoms with van der Waals surface area (Å²) < 4.78 is 35.6. The van der Waals surface area contributed by atoms with Crippen LogP contribution in [-0.2, 0) is 9.84 Å². The van der Waals surface area contributed by atoms with E-state index in [0.717, 1.165) is 12.1 Å². The van der Waals surface area contributed by atoms with Gasteiger partial charge in [-0.05, 0) is 6.07 Å². The average molecular weight is 233 g/mol. The van der Waals surface area contributed by atoms with Crippen molar-refractivity contribution in [1.29, 1.82) is 0 Å². The van der Waals surface area contributed by atoms with E-state index in [-0.39, 0.29) is 10.6 Å². The summed E-state index contributed by atoms with van der Waals surface area (Å²) in [5.41, 5.74) is -0.568. The zero-order chi connectivity index (χ0) is 11.6. The van der Waals surface area contributed by atoms with Gasteiger partial charge in [-0.1, -0.05) is 6.92 Å². The van der Waals surface area contributed by atoms with Gasteiger partial charge in [-0.15, -0.1) is 0 Å². The van der Waals surface area contributed by atoms with Crippen LogP contribution in [0.4, 0.5) is 10.1 Å². The van der Waals surface area contributed by atoms with Crippen molar-refractivity contribution in [2.75, 3.05) is 5.75 Å². The second kappa shape index (κ2) is 3.93. The van der Waals surface area contributed by atoms with E-state index >= 15 is 0 Å². The minimum atomic E-state index is -3.62. The van der Waals surface area contributed by atoms with E-state index in [2.05, 4.69) is 0 Å². The first-order valence-electron chi connectivity index (χ1n) is 4.04. The molecule has 0 heterocycles. The van der Waals surface area contributed by atoms with Crippen molar-refractivity contribution in [2.24, 2.45) is 0 Å². The van der Waals surface area contributed by atoms with Crippen molar-refractivity contribution >= 4 is 15.5 Å². The normalized spacial score (nSPS) is 11.3. The van der Waals surface area contributed by atoms with Gasteiger partial charge in [0.15, 0.2) is 9.84 Å². The SMILES string of the molecule is CCS(=O)(=O)c1cc(F)cc([N+](=O)[O-])c1. The number of nitro benzene ring substituents is 1. The predicted molar refractivity (Wildman–Crippen MR) is 50.8 cm³/mol. The van der Waals surface area contributed by atoms with E-state index in [4.69, 9.17) is 0 Å². The molecule has 5 nitrogen and oxygen atoms in total. The quantitative estimate of drug-likeness (QED) is 0.585. The number of benzene rings is 1. The summed E-state index contributed by atoms with van der Waals surface area (Å²) in [6, 6.07) is 2.29. The lowest BCUT2D eigenvalue weighted by atomic mass is 10.3. The topological polar surface area (TPSA) is 77.3 Å². The van der Waals surface area contributed by atoms with Crippen LogP contribution in [0.3, 0.4) is 0 Å². The first-order valence-corrected chi connectivity index (χ1v) is 5.70. The molecule has 0 spiro atoms. The van der Waals surface area contributed by atoms with Gasteiger partial charge in [-0.2, -0.15) is 0 Å². The molecular weight excluding hydrogens is 225 g/mol. The number of non-ortho nitro benzene ring substituents is 1. The average Bonchev–Trinajstić information content (AvgIpc) is 2.16. The molecule has 1 aromatic carbocycles. The molecule has 0 aliphatic rings. The molecule has 1 rings (SSSR count). The van der Waals surface area contributed by atoms with Crippen LogP contribution in [0.1, 0.15) is 6.92 Å². The third kappa shape index (κ3) is 2.50. The van der Waals surface area contributed by atoms with E-state index in [0.29, 0.717) is 6.07 Å². The third-order valence-corrected chi connectivity index (χ3v) is 3.52. The molecule has 1 aromatic rings. The number of nitrogens with zero attached hydrogens (tertiary/aromatic N) is 1. The Morgan fingerprint density at radius 2 is 2.00 bits per heavy atom. The van der Waals surface area contributed by atoms with Crippen LogP contribution in [0.5, 0.6) is 0 Å². The summed E-state index contributed by atoms with van der Waals surface area (Å²) in [4.78, 5) is 9.16. The zero-order valence-corrected chi connectivity index (χ0v) is 8.62. The minimum Gasteiger partial charge on any atom is -0.258 e. The fraction of sp³-hybridized carbons (Fsp3) is 0.250. The Hall–Kier alpha value is -1.50. The summed E-state index contributed by atoms with van der Waals surface area (Å²) in [6.45, 7) is 1.38. The number of halogens is 1. The molecule has 0 aromatic heterocycles. The highest BCUT2D eigenvalue weighted by Crippen LogP contribution is 2.20. The maximum Gasteiger partial charge on any atom is 0.273 e.